The van der Waals surface area contributed by atoms with Crippen LogP contribution in [-0.4, -0.2) is 14.3 Å². The first-order valence-corrected chi connectivity index (χ1v) is 10.5. The molecule has 3 aromatic carbocycles. The van der Waals surface area contributed by atoms with Crippen LogP contribution in [0.2, 0.25) is 10.0 Å². The van der Waals surface area contributed by atoms with Crippen LogP contribution in [0.3, 0.4) is 0 Å². The van der Waals surface area contributed by atoms with Gasteiger partial charge in [0.25, 0.3) is 15.9 Å². The van der Waals surface area contributed by atoms with Gasteiger partial charge in [-0.1, -0.05) is 29.3 Å². The molecule has 9 heteroatoms. The van der Waals surface area contributed by atoms with E-state index in [9.17, 15) is 17.6 Å². The van der Waals surface area contributed by atoms with E-state index in [-0.39, 0.29) is 21.2 Å². The van der Waals surface area contributed by atoms with Crippen molar-refractivity contribution in [3.63, 3.8) is 0 Å². The molecule has 150 valence electrons. The molecule has 5 nitrogen and oxygen atoms in total. The Morgan fingerprint density at radius 3 is 2.24 bits per heavy atom. The van der Waals surface area contributed by atoms with Gasteiger partial charge in [0.05, 0.1) is 26.3 Å². The molecule has 0 aliphatic heterocycles. The molecule has 0 radical (unpaired) electrons. The number of nitrogens with one attached hydrogen (secondary N) is 2. The summed E-state index contributed by atoms with van der Waals surface area (Å²) in [5, 5.41) is 3.15. The van der Waals surface area contributed by atoms with Crippen LogP contribution in [-0.2, 0) is 10.0 Å². The fourth-order valence-electron chi connectivity index (χ4n) is 2.48. The summed E-state index contributed by atoms with van der Waals surface area (Å²) in [6, 6.07) is 13.7. The monoisotopic (exact) mass is 452 g/mol. The first-order chi connectivity index (χ1) is 13.7. The second-order valence-electron chi connectivity index (χ2n) is 6.19. The van der Waals surface area contributed by atoms with E-state index in [1.807, 2.05) is 6.92 Å². The van der Waals surface area contributed by atoms with Crippen molar-refractivity contribution in [3.8, 4) is 0 Å². The lowest BCUT2D eigenvalue weighted by atomic mass is 10.1. The maximum atomic E-state index is 13.0. The SMILES string of the molecule is Cc1ccc(NC(=O)c2ccc(Cl)c(NS(=O)(=O)c3ccc(F)cc3)c2)c(Cl)c1. The fraction of sp³-hybridized carbons (Fsp3) is 0.0500. The standard InChI is InChI=1S/C20H15Cl2FN2O3S/c1-12-2-9-18(17(22)10-12)24-20(26)13-3-8-16(21)19(11-13)25-29(27,28)15-6-4-14(23)5-7-15/h2-11,25H,1H3,(H,24,26). The molecule has 0 heterocycles. The van der Waals surface area contributed by atoms with E-state index in [1.165, 1.54) is 18.2 Å². The van der Waals surface area contributed by atoms with E-state index < -0.39 is 21.7 Å². The van der Waals surface area contributed by atoms with E-state index in [4.69, 9.17) is 23.2 Å². The average molecular weight is 453 g/mol. The molecule has 0 aromatic heterocycles. The van der Waals surface area contributed by atoms with Crippen molar-refractivity contribution in [3.05, 3.63) is 87.7 Å². The zero-order valence-corrected chi connectivity index (χ0v) is 17.4. The second-order valence-corrected chi connectivity index (χ2v) is 8.69. The summed E-state index contributed by atoms with van der Waals surface area (Å²) in [4.78, 5) is 12.4. The van der Waals surface area contributed by atoms with Gasteiger partial charge in [-0.3, -0.25) is 9.52 Å². The highest BCUT2D eigenvalue weighted by Crippen LogP contribution is 2.28. The number of carbonyl (C=O) groups excluding carboxylic acids is 1. The van der Waals surface area contributed by atoms with Crippen LogP contribution in [0.25, 0.3) is 0 Å². The lowest BCUT2D eigenvalue weighted by Crippen LogP contribution is -2.15. The molecular formula is C20H15Cl2FN2O3S. The van der Waals surface area contributed by atoms with Gasteiger partial charge in [-0.15, -0.1) is 0 Å². The molecule has 3 aromatic rings. The van der Waals surface area contributed by atoms with E-state index in [1.54, 1.807) is 18.2 Å². The van der Waals surface area contributed by atoms with Crippen molar-refractivity contribution in [2.75, 3.05) is 10.0 Å². The van der Waals surface area contributed by atoms with Gasteiger partial charge in [0.15, 0.2) is 0 Å². The maximum Gasteiger partial charge on any atom is 0.261 e. The molecule has 0 saturated carbocycles. The van der Waals surface area contributed by atoms with Gasteiger partial charge in [-0.25, -0.2) is 12.8 Å². The molecule has 0 aliphatic rings. The van der Waals surface area contributed by atoms with Crippen molar-refractivity contribution in [1.29, 1.82) is 0 Å². The molecule has 0 aliphatic carbocycles. The van der Waals surface area contributed by atoms with E-state index in [0.29, 0.717) is 10.7 Å². The molecule has 1 amide bonds. The number of hydrogen-bond acceptors (Lipinski definition) is 3. The molecule has 0 unspecified atom stereocenters. The molecule has 29 heavy (non-hydrogen) atoms. The van der Waals surface area contributed by atoms with Crippen molar-refractivity contribution >= 4 is 50.5 Å². The summed E-state index contributed by atoms with van der Waals surface area (Å²) < 4.78 is 40.4. The summed E-state index contributed by atoms with van der Waals surface area (Å²) in [5.74, 6) is -1.05. The first kappa shape index (κ1) is 21.1. The molecule has 2 N–H and O–H groups in total. The van der Waals surface area contributed by atoms with Gasteiger partial charge in [0.2, 0.25) is 0 Å². The topological polar surface area (TPSA) is 75.3 Å². The smallest absolute Gasteiger partial charge is 0.261 e. The average Bonchev–Trinajstić information content (AvgIpc) is 2.66. The number of sulfonamides is 1. The summed E-state index contributed by atoms with van der Waals surface area (Å²) in [6.07, 6.45) is 0. The fourth-order valence-corrected chi connectivity index (χ4v) is 4.05. The molecule has 3 rings (SSSR count). The van der Waals surface area contributed by atoms with Crippen molar-refractivity contribution < 1.29 is 17.6 Å². The van der Waals surface area contributed by atoms with Crippen molar-refractivity contribution in [2.45, 2.75) is 11.8 Å². The van der Waals surface area contributed by atoms with Crippen LogP contribution in [0.5, 0.6) is 0 Å². The Labute approximate surface area is 177 Å². The summed E-state index contributed by atoms with van der Waals surface area (Å²) in [6.45, 7) is 1.87. The van der Waals surface area contributed by atoms with Crippen LogP contribution in [0, 0.1) is 12.7 Å². The van der Waals surface area contributed by atoms with Crippen molar-refractivity contribution in [1.82, 2.24) is 0 Å². The van der Waals surface area contributed by atoms with Gasteiger partial charge >= 0.3 is 0 Å². The highest BCUT2D eigenvalue weighted by molar-refractivity contribution is 7.92. The lowest BCUT2D eigenvalue weighted by Gasteiger charge is -2.12. The third-order valence-electron chi connectivity index (χ3n) is 3.97. The minimum atomic E-state index is -4.02. The second kappa shape index (κ2) is 8.41. The minimum absolute atomic E-state index is 0.0126. The maximum absolute atomic E-state index is 13.0. The molecular weight excluding hydrogens is 438 g/mol. The molecule has 0 saturated heterocycles. The molecule has 0 fully saturated rings. The Balaban J connectivity index is 1.85. The van der Waals surface area contributed by atoms with Crippen LogP contribution in [0.4, 0.5) is 15.8 Å². The Morgan fingerprint density at radius 1 is 0.897 bits per heavy atom. The van der Waals surface area contributed by atoms with Gasteiger partial charge in [0, 0.05) is 5.56 Å². The Hall–Kier alpha value is -2.61. The molecule has 0 spiro atoms. The lowest BCUT2D eigenvalue weighted by molar-refractivity contribution is 0.102. The van der Waals surface area contributed by atoms with Crippen LogP contribution >= 0.6 is 23.2 Å². The normalized spacial score (nSPS) is 11.2. The van der Waals surface area contributed by atoms with Crippen LogP contribution in [0.15, 0.2) is 65.6 Å². The molecule has 0 bridgehead atoms. The zero-order chi connectivity index (χ0) is 21.2. The first-order valence-electron chi connectivity index (χ1n) is 8.31. The number of carbonyl (C=O) groups is 1. The molecule has 0 atom stereocenters. The largest absolute Gasteiger partial charge is 0.321 e. The van der Waals surface area contributed by atoms with Gasteiger partial charge in [0.1, 0.15) is 5.82 Å². The van der Waals surface area contributed by atoms with E-state index >= 15 is 0 Å². The van der Waals surface area contributed by atoms with Crippen LogP contribution < -0.4 is 10.0 Å². The van der Waals surface area contributed by atoms with Gasteiger partial charge in [-0.05, 0) is 67.1 Å². The number of rotatable bonds is 5. The Morgan fingerprint density at radius 2 is 1.59 bits per heavy atom. The number of aryl methyl sites for hydroxylation is 1. The van der Waals surface area contributed by atoms with E-state index in [2.05, 4.69) is 10.0 Å². The quantitative estimate of drug-likeness (QED) is 0.536. The number of halogens is 3. The Kier molecular flexibility index (Phi) is 6.12. The number of anilines is 2. The summed E-state index contributed by atoms with van der Waals surface area (Å²) in [7, 11) is -4.02. The highest BCUT2D eigenvalue weighted by atomic mass is 35.5. The van der Waals surface area contributed by atoms with Crippen LogP contribution in [0.1, 0.15) is 15.9 Å². The third kappa shape index (κ3) is 5.06. The zero-order valence-electron chi connectivity index (χ0n) is 15.0. The number of hydrogen-bond donors (Lipinski definition) is 2. The number of benzene rings is 3. The summed E-state index contributed by atoms with van der Waals surface area (Å²) >= 11 is 12.2. The predicted molar refractivity (Wildman–Crippen MR) is 113 cm³/mol. The van der Waals surface area contributed by atoms with Gasteiger partial charge < -0.3 is 5.32 Å². The van der Waals surface area contributed by atoms with E-state index in [0.717, 1.165) is 29.8 Å². The third-order valence-corrected chi connectivity index (χ3v) is 5.99. The predicted octanol–water partition coefficient (Wildman–Crippen LogP) is 5.49. The van der Waals surface area contributed by atoms with Gasteiger partial charge in [-0.2, -0.15) is 0 Å². The minimum Gasteiger partial charge on any atom is -0.321 e. The summed E-state index contributed by atoms with van der Waals surface area (Å²) in [5.41, 5.74) is 1.55. The highest BCUT2D eigenvalue weighted by Gasteiger charge is 2.18. The number of amides is 1. The van der Waals surface area contributed by atoms with Crippen molar-refractivity contribution in [2.24, 2.45) is 0 Å². The Bertz CT molecular complexity index is 1180.